The van der Waals surface area contributed by atoms with E-state index in [1.165, 1.54) is 6.92 Å². The van der Waals surface area contributed by atoms with Gasteiger partial charge in [-0.05, 0) is 0 Å². The summed E-state index contributed by atoms with van der Waals surface area (Å²) in [5, 5.41) is 12.0. The van der Waals surface area contributed by atoms with Gasteiger partial charge in [0.15, 0.2) is 0 Å². The minimum absolute atomic E-state index is 0.174. The van der Waals surface area contributed by atoms with E-state index in [0.717, 1.165) is 0 Å². The van der Waals surface area contributed by atoms with Crippen molar-refractivity contribution in [1.82, 2.24) is 5.32 Å². The summed E-state index contributed by atoms with van der Waals surface area (Å²) < 4.78 is 9.88. The van der Waals surface area contributed by atoms with Gasteiger partial charge < -0.3 is 19.9 Å². The third-order valence-corrected chi connectivity index (χ3v) is 1.61. The Balaban J connectivity index is 2.41. The number of carbonyl (C=O) groups is 1. The van der Waals surface area contributed by atoms with Crippen LogP contribution in [-0.4, -0.2) is 43.2 Å². The molecule has 0 spiro atoms. The molecule has 1 saturated heterocycles. The summed E-state index contributed by atoms with van der Waals surface area (Å²) >= 11 is 0. The zero-order chi connectivity index (χ0) is 8.97. The Labute approximate surface area is 70.7 Å². The maximum Gasteiger partial charge on any atom is 0.217 e. The molecule has 1 aliphatic rings. The molecule has 0 saturated carbocycles. The Hall–Kier alpha value is -0.650. The Bertz CT molecular complexity index is 161. The number of carbonyl (C=O) groups excluding carboxylic acids is 1. The van der Waals surface area contributed by atoms with Crippen molar-refractivity contribution in [1.29, 1.82) is 0 Å². The molecule has 1 amide bonds. The lowest BCUT2D eigenvalue weighted by molar-refractivity contribution is -0.120. The van der Waals surface area contributed by atoms with Crippen molar-refractivity contribution in [2.45, 2.75) is 19.1 Å². The zero-order valence-corrected chi connectivity index (χ0v) is 6.95. The fraction of sp³-hybridized carbons (Fsp3) is 0.857. The fourth-order valence-electron chi connectivity index (χ4n) is 1.03. The lowest BCUT2D eigenvalue weighted by Gasteiger charge is -2.18. The van der Waals surface area contributed by atoms with Gasteiger partial charge in [-0.15, -0.1) is 0 Å². The Morgan fingerprint density at radius 3 is 2.83 bits per heavy atom. The van der Waals surface area contributed by atoms with Crippen LogP contribution < -0.4 is 5.32 Å². The summed E-state index contributed by atoms with van der Waals surface area (Å²) in [5.74, 6) is -0.176. The van der Waals surface area contributed by atoms with Crippen LogP contribution in [0.25, 0.3) is 0 Å². The van der Waals surface area contributed by atoms with Crippen molar-refractivity contribution < 1.29 is 19.4 Å². The number of amides is 1. The summed E-state index contributed by atoms with van der Waals surface area (Å²) in [6.45, 7) is 2.07. The van der Waals surface area contributed by atoms with Crippen LogP contribution in [0.4, 0.5) is 0 Å². The number of aliphatic hydroxyl groups excluding tert-OH is 1. The molecule has 5 nitrogen and oxygen atoms in total. The number of hydrogen-bond acceptors (Lipinski definition) is 4. The highest BCUT2D eigenvalue weighted by Gasteiger charge is 2.22. The summed E-state index contributed by atoms with van der Waals surface area (Å²) in [6.07, 6.45) is -0.684. The molecule has 0 aromatic rings. The highest BCUT2D eigenvalue weighted by Crippen LogP contribution is 2.01. The molecule has 1 rings (SSSR count). The predicted molar refractivity (Wildman–Crippen MR) is 40.4 cm³/mol. The second-order valence-electron chi connectivity index (χ2n) is 2.73. The van der Waals surface area contributed by atoms with E-state index >= 15 is 0 Å². The summed E-state index contributed by atoms with van der Waals surface area (Å²) in [4.78, 5) is 10.7. The molecule has 0 aromatic carbocycles. The maximum atomic E-state index is 10.7. The molecular formula is C7H13NO4. The lowest BCUT2D eigenvalue weighted by Crippen LogP contribution is -2.45. The van der Waals surface area contributed by atoms with Gasteiger partial charge in [0.25, 0.3) is 0 Å². The molecule has 2 N–H and O–H groups in total. The molecule has 0 aliphatic carbocycles. The second-order valence-corrected chi connectivity index (χ2v) is 2.73. The second kappa shape index (κ2) is 4.39. The van der Waals surface area contributed by atoms with Crippen LogP contribution in [0.2, 0.25) is 0 Å². The van der Waals surface area contributed by atoms with Crippen molar-refractivity contribution in [2.75, 3.05) is 20.0 Å². The average molecular weight is 175 g/mol. The van der Waals surface area contributed by atoms with Crippen LogP contribution in [0.5, 0.6) is 0 Å². The zero-order valence-electron chi connectivity index (χ0n) is 6.95. The fourth-order valence-corrected chi connectivity index (χ4v) is 1.03. The first kappa shape index (κ1) is 9.44. The van der Waals surface area contributed by atoms with Crippen LogP contribution in [0, 0.1) is 0 Å². The molecule has 5 heteroatoms. The number of ether oxygens (including phenoxy) is 2. The first-order chi connectivity index (χ1) is 5.70. The van der Waals surface area contributed by atoms with Crippen molar-refractivity contribution in [3.05, 3.63) is 0 Å². The Morgan fingerprint density at radius 1 is 1.50 bits per heavy atom. The van der Waals surface area contributed by atoms with Gasteiger partial charge in [-0.25, -0.2) is 0 Å². The molecule has 0 bridgehead atoms. The van der Waals surface area contributed by atoms with Gasteiger partial charge in [0.05, 0.1) is 25.4 Å². The van der Waals surface area contributed by atoms with Crippen LogP contribution in [-0.2, 0) is 14.3 Å². The quantitative estimate of drug-likeness (QED) is 0.528. The topological polar surface area (TPSA) is 67.8 Å². The minimum Gasteiger partial charge on any atom is -0.388 e. The van der Waals surface area contributed by atoms with Gasteiger partial charge in [0.2, 0.25) is 5.91 Å². The highest BCUT2D eigenvalue weighted by atomic mass is 16.7. The Kier molecular flexibility index (Phi) is 3.46. The number of rotatable bonds is 1. The van der Waals surface area contributed by atoms with E-state index in [4.69, 9.17) is 9.47 Å². The van der Waals surface area contributed by atoms with E-state index in [9.17, 15) is 9.90 Å². The predicted octanol–water partition coefficient (Wildman–Crippen LogP) is -1.14. The summed E-state index contributed by atoms with van der Waals surface area (Å²) in [7, 11) is 0. The van der Waals surface area contributed by atoms with E-state index in [2.05, 4.69) is 5.32 Å². The van der Waals surface area contributed by atoms with Crippen LogP contribution in [0.1, 0.15) is 6.92 Å². The molecule has 1 fully saturated rings. The van der Waals surface area contributed by atoms with Crippen LogP contribution in [0.15, 0.2) is 0 Å². The molecule has 0 unspecified atom stereocenters. The average Bonchev–Trinajstić information content (AvgIpc) is 2.16. The van der Waals surface area contributed by atoms with Crippen molar-refractivity contribution in [3.8, 4) is 0 Å². The largest absolute Gasteiger partial charge is 0.388 e. The van der Waals surface area contributed by atoms with Gasteiger partial charge in [-0.2, -0.15) is 0 Å². The summed E-state index contributed by atoms with van der Waals surface area (Å²) in [5.41, 5.74) is 0. The van der Waals surface area contributed by atoms with E-state index < -0.39 is 6.10 Å². The molecule has 1 heterocycles. The Morgan fingerprint density at radius 2 is 2.17 bits per heavy atom. The molecular weight excluding hydrogens is 162 g/mol. The smallest absolute Gasteiger partial charge is 0.217 e. The molecule has 2 atom stereocenters. The third-order valence-electron chi connectivity index (χ3n) is 1.61. The normalized spacial score (nSPS) is 30.8. The molecule has 1 aliphatic heterocycles. The van der Waals surface area contributed by atoms with E-state index in [-0.39, 0.29) is 25.3 Å². The van der Waals surface area contributed by atoms with E-state index in [0.29, 0.717) is 6.61 Å². The number of hydrogen-bond donors (Lipinski definition) is 2. The van der Waals surface area contributed by atoms with Gasteiger partial charge >= 0.3 is 0 Å². The third kappa shape index (κ3) is 2.77. The molecule has 12 heavy (non-hydrogen) atoms. The van der Waals surface area contributed by atoms with E-state index in [1.54, 1.807) is 0 Å². The minimum atomic E-state index is -0.684. The van der Waals surface area contributed by atoms with Gasteiger partial charge in [0, 0.05) is 6.92 Å². The van der Waals surface area contributed by atoms with Crippen molar-refractivity contribution >= 4 is 5.91 Å². The van der Waals surface area contributed by atoms with Crippen molar-refractivity contribution in [2.24, 2.45) is 0 Å². The molecule has 0 aromatic heterocycles. The van der Waals surface area contributed by atoms with Crippen LogP contribution in [0.3, 0.4) is 0 Å². The summed E-state index contributed by atoms with van der Waals surface area (Å²) in [6, 6.07) is -0.356. The first-order valence-electron chi connectivity index (χ1n) is 3.81. The van der Waals surface area contributed by atoms with Gasteiger partial charge in [0.1, 0.15) is 6.79 Å². The number of aliphatic hydroxyl groups is 1. The van der Waals surface area contributed by atoms with E-state index in [1.807, 2.05) is 0 Å². The standard InChI is InChI=1S/C7H13NO4/c1-5(9)8-6-2-11-4-12-3-7(6)10/h6-7,10H,2-4H2,1H3,(H,8,9)/t6-,7+/m0/s1. The molecule has 0 radical (unpaired) electrons. The highest BCUT2D eigenvalue weighted by molar-refractivity contribution is 5.73. The van der Waals surface area contributed by atoms with Crippen LogP contribution >= 0.6 is 0 Å². The van der Waals surface area contributed by atoms with Gasteiger partial charge in [-0.1, -0.05) is 0 Å². The first-order valence-corrected chi connectivity index (χ1v) is 3.81. The van der Waals surface area contributed by atoms with Crippen molar-refractivity contribution in [3.63, 3.8) is 0 Å². The number of nitrogens with one attached hydrogen (secondary N) is 1. The lowest BCUT2D eigenvalue weighted by atomic mass is 10.2. The monoisotopic (exact) mass is 175 g/mol. The molecule has 70 valence electrons. The van der Waals surface area contributed by atoms with Gasteiger partial charge in [-0.3, -0.25) is 4.79 Å². The maximum absolute atomic E-state index is 10.7. The SMILES string of the molecule is CC(=O)N[C@H]1COCOC[C@H]1O.